The van der Waals surface area contributed by atoms with E-state index in [1.54, 1.807) is 30.5 Å². The zero-order valence-corrected chi connectivity index (χ0v) is 10.9. The first-order valence-corrected chi connectivity index (χ1v) is 6.12. The number of rotatable bonds is 4. The smallest absolute Gasteiger partial charge is 0.246 e. The van der Waals surface area contributed by atoms with Gasteiger partial charge in [-0.1, -0.05) is 0 Å². The molecule has 9 heteroatoms. The number of nitrogens with two attached hydrogens (primary N) is 1. The van der Waals surface area contributed by atoms with Crippen molar-refractivity contribution in [2.45, 2.75) is 6.54 Å². The number of anilines is 2. The summed E-state index contributed by atoms with van der Waals surface area (Å²) < 4.78 is 3.00. The van der Waals surface area contributed by atoms with Gasteiger partial charge in [0.25, 0.3) is 0 Å². The number of benzene rings is 1. The average Bonchev–Trinajstić information content (AvgIpc) is 3.11. The van der Waals surface area contributed by atoms with Crippen molar-refractivity contribution < 1.29 is 4.79 Å². The molecule has 0 atom stereocenters. The Hall–Kier alpha value is -3.23. The van der Waals surface area contributed by atoms with E-state index in [9.17, 15) is 4.79 Å². The molecule has 2 heterocycles. The van der Waals surface area contributed by atoms with E-state index in [2.05, 4.69) is 25.9 Å². The summed E-state index contributed by atoms with van der Waals surface area (Å²) in [6.07, 6.45) is 4.59. The van der Waals surface area contributed by atoms with Crippen LogP contribution < -0.4 is 11.1 Å². The molecule has 0 aliphatic rings. The quantitative estimate of drug-likeness (QED) is 0.700. The Morgan fingerprint density at radius 1 is 1.29 bits per heavy atom. The average molecular weight is 284 g/mol. The number of hydrogen-bond donors (Lipinski definition) is 2. The Morgan fingerprint density at radius 3 is 2.71 bits per heavy atom. The third-order valence-corrected chi connectivity index (χ3v) is 2.72. The highest BCUT2D eigenvalue weighted by molar-refractivity contribution is 5.90. The Bertz CT molecular complexity index is 731. The van der Waals surface area contributed by atoms with Gasteiger partial charge in [-0.2, -0.15) is 5.10 Å². The minimum Gasteiger partial charge on any atom is -0.396 e. The van der Waals surface area contributed by atoms with Gasteiger partial charge in [-0.3, -0.25) is 9.48 Å². The van der Waals surface area contributed by atoms with Gasteiger partial charge in [-0.05, 0) is 34.7 Å². The molecule has 0 bridgehead atoms. The van der Waals surface area contributed by atoms with E-state index in [0.717, 1.165) is 5.69 Å². The normalized spacial score (nSPS) is 10.5. The first kappa shape index (κ1) is 12.8. The Labute approximate surface area is 119 Å². The number of amides is 1. The van der Waals surface area contributed by atoms with Crippen LogP contribution in [0.15, 0.2) is 43.0 Å². The van der Waals surface area contributed by atoms with Gasteiger partial charge in [0.1, 0.15) is 12.9 Å². The maximum atomic E-state index is 11.9. The van der Waals surface area contributed by atoms with E-state index in [1.807, 2.05) is 0 Å². The van der Waals surface area contributed by atoms with Crippen molar-refractivity contribution in [3.8, 4) is 5.69 Å². The molecular formula is C12H12N8O. The van der Waals surface area contributed by atoms with Gasteiger partial charge in [0.15, 0.2) is 0 Å². The van der Waals surface area contributed by atoms with Crippen LogP contribution in [0.2, 0.25) is 0 Å². The fraction of sp³-hybridized carbons (Fsp3) is 0.0833. The summed E-state index contributed by atoms with van der Waals surface area (Å²) in [4.78, 5) is 11.9. The van der Waals surface area contributed by atoms with Crippen molar-refractivity contribution in [2.24, 2.45) is 0 Å². The van der Waals surface area contributed by atoms with Crippen LogP contribution in [0.5, 0.6) is 0 Å². The molecule has 9 nitrogen and oxygen atoms in total. The van der Waals surface area contributed by atoms with Crippen LogP contribution in [0.4, 0.5) is 11.4 Å². The van der Waals surface area contributed by atoms with Crippen molar-refractivity contribution in [2.75, 3.05) is 11.1 Å². The summed E-state index contributed by atoms with van der Waals surface area (Å²) >= 11 is 0. The predicted octanol–water partition coefficient (Wildman–Crippen LogP) is 0.0797. The molecule has 106 valence electrons. The van der Waals surface area contributed by atoms with Gasteiger partial charge in [0, 0.05) is 11.9 Å². The number of carbonyl (C=O) groups excluding carboxylic acids is 1. The van der Waals surface area contributed by atoms with E-state index >= 15 is 0 Å². The number of nitrogens with zero attached hydrogens (tertiary/aromatic N) is 6. The molecule has 3 aromatic rings. The second kappa shape index (κ2) is 5.41. The van der Waals surface area contributed by atoms with Crippen molar-refractivity contribution in [1.29, 1.82) is 0 Å². The maximum absolute atomic E-state index is 11.9. The molecule has 1 aromatic carbocycles. The van der Waals surface area contributed by atoms with Gasteiger partial charge in [0.05, 0.1) is 17.6 Å². The number of nitrogen functional groups attached to an aromatic ring is 1. The molecule has 1 amide bonds. The van der Waals surface area contributed by atoms with Gasteiger partial charge in [0.2, 0.25) is 5.91 Å². The monoisotopic (exact) mass is 284 g/mol. The zero-order chi connectivity index (χ0) is 14.7. The second-order valence-corrected chi connectivity index (χ2v) is 4.32. The summed E-state index contributed by atoms with van der Waals surface area (Å²) in [5.74, 6) is -0.187. The first-order valence-electron chi connectivity index (χ1n) is 6.12. The molecular weight excluding hydrogens is 272 g/mol. The molecule has 0 aliphatic carbocycles. The van der Waals surface area contributed by atoms with Gasteiger partial charge >= 0.3 is 0 Å². The molecule has 0 saturated heterocycles. The molecule has 2 aromatic heterocycles. The minimum absolute atomic E-state index is 0.103. The second-order valence-electron chi connectivity index (χ2n) is 4.32. The standard InChI is InChI=1S/C12H12N8O/c13-9-5-15-19(6-9)7-12(21)16-10-1-3-11(4-2-10)20-8-14-17-18-20/h1-6,8H,7,13H2,(H,16,21). The lowest BCUT2D eigenvalue weighted by Gasteiger charge is -2.06. The molecule has 0 fully saturated rings. The van der Waals surface area contributed by atoms with Crippen LogP contribution >= 0.6 is 0 Å². The number of aromatic nitrogens is 6. The molecule has 21 heavy (non-hydrogen) atoms. The highest BCUT2D eigenvalue weighted by atomic mass is 16.2. The highest BCUT2D eigenvalue weighted by Gasteiger charge is 2.05. The van der Waals surface area contributed by atoms with Gasteiger partial charge in [-0.25, -0.2) is 4.68 Å². The number of tetrazole rings is 1. The van der Waals surface area contributed by atoms with Crippen molar-refractivity contribution >= 4 is 17.3 Å². The van der Waals surface area contributed by atoms with Crippen LogP contribution in [-0.2, 0) is 11.3 Å². The van der Waals surface area contributed by atoms with Crippen LogP contribution in [-0.4, -0.2) is 35.9 Å². The minimum atomic E-state index is -0.187. The fourth-order valence-corrected chi connectivity index (χ4v) is 1.79. The summed E-state index contributed by atoms with van der Waals surface area (Å²) in [5, 5.41) is 17.6. The molecule has 3 N–H and O–H groups in total. The van der Waals surface area contributed by atoms with Crippen LogP contribution in [0.3, 0.4) is 0 Å². The Balaban J connectivity index is 1.63. The number of carbonyl (C=O) groups is 1. The third kappa shape index (κ3) is 3.03. The fourth-order valence-electron chi connectivity index (χ4n) is 1.79. The molecule has 3 rings (SSSR count). The molecule has 0 saturated carbocycles. The first-order chi connectivity index (χ1) is 10.2. The van der Waals surface area contributed by atoms with E-state index in [0.29, 0.717) is 11.4 Å². The third-order valence-electron chi connectivity index (χ3n) is 2.72. The Kier molecular flexibility index (Phi) is 3.29. The van der Waals surface area contributed by atoms with Crippen molar-refractivity contribution in [1.82, 2.24) is 30.0 Å². The van der Waals surface area contributed by atoms with E-state index < -0.39 is 0 Å². The molecule has 0 spiro atoms. The van der Waals surface area contributed by atoms with E-state index in [1.165, 1.54) is 21.9 Å². The number of nitrogens with one attached hydrogen (secondary N) is 1. The summed E-state index contributed by atoms with van der Waals surface area (Å²) in [6, 6.07) is 7.15. The van der Waals surface area contributed by atoms with Gasteiger partial charge < -0.3 is 11.1 Å². The SMILES string of the molecule is Nc1cnn(CC(=O)Nc2ccc(-n3cnnn3)cc2)c1. The summed E-state index contributed by atoms with van der Waals surface area (Å²) in [5.41, 5.74) is 7.54. The van der Waals surface area contributed by atoms with Crippen molar-refractivity contribution in [3.05, 3.63) is 43.0 Å². The summed E-state index contributed by atoms with van der Waals surface area (Å²) in [6.45, 7) is 0.103. The topological polar surface area (TPSA) is 117 Å². The largest absolute Gasteiger partial charge is 0.396 e. The van der Waals surface area contributed by atoms with Crippen molar-refractivity contribution in [3.63, 3.8) is 0 Å². The van der Waals surface area contributed by atoms with Gasteiger partial charge in [-0.15, -0.1) is 5.10 Å². The van der Waals surface area contributed by atoms with E-state index in [4.69, 9.17) is 5.73 Å². The lowest BCUT2D eigenvalue weighted by molar-refractivity contribution is -0.116. The molecule has 0 aliphatic heterocycles. The van der Waals surface area contributed by atoms with Crippen LogP contribution in [0, 0.1) is 0 Å². The molecule has 0 unspecified atom stereocenters. The lowest BCUT2D eigenvalue weighted by atomic mass is 10.3. The summed E-state index contributed by atoms with van der Waals surface area (Å²) in [7, 11) is 0. The number of hydrogen-bond acceptors (Lipinski definition) is 6. The van der Waals surface area contributed by atoms with Crippen LogP contribution in [0.1, 0.15) is 0 Å². The zero-order valence-electron chi connectivity index (χ0n) is 10.9. The molecule has 0 radical (unpaired) electrons. The van der Waals surface area contributed by atoms with Crippen LogP contribution in [0.25, 0.3) is 5.69 Å². The Morgan fingerprint density at radius 2 is 2.10 bits per heavy atom. The highest BCUT2D eigenvalue weighted by Crippen LogP contribution is 2.12. The predicted molar refractivity (Wildman–Crippen MR) is 74.4 cm³/mol. The maximum Gasteiger partial charge on any atom is 0.246 e. The lowest BCUT2D eigenvalue weighted by Crippen LogP contribution is -2.19. The van der Waals surface area contributed by atoms with E-state index in [-0.39, 0.29) is 12.5 Å².